The summed E-state index contributed by atoms with van der Waals surface area (Å²) in [5.74, 6) is 0. The highest BCUT2D eigenvalue weighted by molar-refractivity contribution is 5.99. The van der Waals surface area contributed by atoms with Gasteiger partial charge in [-0.1, -0.05) is 0 Å². The van der Waals surface area contributed by atoms with E-state index in [4.69, 9.17) is 4.74 Å². The molecule has 0 saturated carbocycles. The first-order valence-corrected chi connectivity index (χ1v) is 6.98. The van der Waals surface area contributed by atoms with Crippen molar-refractivity contribution >= 4 is 22.1 Å². The Morgan fingerprint density at radius 1 is 1.24 bits per heavy atom. The zero-order valence-corrected chi connectivity index (χ0v) is 12.0. The Hall–Kier alpha value is -2.21. The molecule has 21 heavy (non-hydrogen) atoms. The van der Waals surface area contributed by atoms with Crippen molar-refractivity contribution in [1.29, 1.82) is 0 Å². The third-order valence-electron chi connectivity index (χ3n) is 3.73. The fourth-order valence-corrected chi connectivity index (χ4v) is 2.97. The van der Waals surface area contributed by atoms with Gasteiger partial charge in [0, 0.05) is 42.6 Å². The molecule has 0 aliphatic carbocycles. The molecular formula is C15H17N3O3. The molecule has 0 spiro atoms. The standard InChI is InChI=1S/C15H17N3O3/c1-10-8-17(9-11(2)21-10)14-3-4-15(18(19)20)13-7-16-6-5-12(13)14/h3-7,10-11H,8-9H2,1-2H3/t10-,11-/m0/s1. The third-order valence-corrected chi connectivity index (χ3v) is 3.73. The molecule has 1 saturated heterocycles. The molecule has 1 aliphatic heterocycles. The predicted molar refractivity (Wildman–Crippen MR) is 80.6 cm³/mol. The van der Waals surface area contributed by atoms with Crippen LogP contribution in [-0.4, -0.2) is 35.2 Å². The van der Waals surface area contributed by atoms with Crippen molar-refractivity contribution in [2.24, 2.45) is 0 Å². The van der Waals surface area contributed by atoms with E-state index in [0.29, 0.717) is 5.39 Å². The second-order valence-corrected chi connectivity index (χ2v) is 5.44. The van der Waals surface area contributed by atoms with E-state index in [1.165, 1.54) is 0 Å². The highest BCUT2D eigenvalue weighted by atomic mass is 16.6. The number of ether oxygens (including phenoxy) is 1. The van der Waals surface area contributed by atoms with Crippen LogP contribution in [-0.2, 0) is 4.74 Å². The molecule has 6 nitrogen and oxygen atoms in total. The van der Waals surface area contributed by atoms with Gasteiger partial charge in [0.15, 0.2) is 0 Å². The summed E-state index contributed by atoms with van der Waals surface area (Å²) in [6.07, 6.45) is 3.51. The van der Waals surface area contributed by atoms with Gasteiger partial charge < -0.3 is 9.64 Å². The monoisotopic (exact) mass is 287 g/mol. The van der Waals surface area contributed by atoms with Crippen LogP contribution in [0.3, 0.4) is 0 Å². The molecule has 2 aromatic rings. The topological polar surface area (TPSA) is 68.5 Å². The van der Waals surface area contributed by atoms with Crippen molar-refractivity contribution in [1.82, 2.24) is 4.98 Å². The van der Waals surface area contributed by atoms with Gasteiger partial charge in [-0.2, -0.15) is 0 Å². The zero-order valence-electron chi connectivity index (χ0n) is 12.0. The van der Waals surface area contributed by atoms with E-state index in [1.807, 2.05) is 26.0 Å². The Balaban J connectivity index is 2.11. The van der Waals surface area contributed by atoms with Crippen LogP contribution in [0, 0.1) is 10.1 Å². The second kappa shape index (κ2) is 5.29. The van der Waals surface area contributed by atoms with Crippen LogP contribution in [0.25, 0.3) is 10.8 Å². The largest absolute Gasteiger partial charge is 0.372 e. The fraction of sp³-hybridized carbons (Fsp3) is 0.400. The highest BCUT2D eigenvalue weighted by Gasteiger charge is 2.25. The molecule has 2 atom stereocenters. The maximum Gasteiger partial charge on any atom is 0.278 e. The molecular weight excluding hydrogens is 270 g/mol. The quantitative estimate of drug-likeness (QED) is 0.627. The first-order valence-electron chi connectivity index (χ1n) is 6.98. The van der Waals surface area contributed by atoms with Gasteiger partial charge in [-0.05, 0) is 26.0 Å². The molecule has 1 aromatic heterocycles. The zero-order chi connectivity index (χ0) is 15.0. The number of nitro groups is 1. The van der Waals surface area contributed by atoms with Gasteiger partial charge in [-0.25, -0.2) is 0 Å². The molecule has 0 bridgehead atoms. The number of nitro benzene ring substituents is 1. The summed E-state index contributed by atoms with van der Waals surface area (Å²) in [6, 6.07) is 5.22. The van der Waals surface area contributed by atoms with Crippen molar-refractivity contribution in [2.75, 3.05) is 18.0 Å². The number of benzene rings is 1. The SMILES string of the molecule is C[C@H]1CN(c2ccc([N+](=O)[O-])c3cnccc23)C[C@H](C)O1. The van der Waals surface area contributed by atoms with E-state index >= 15 is 0 Å². The van der Waals surface area contributed by atoms with Gasteiger partial charge >= 0.3 is 0 Å². The summed E-state index contributed by atoms with van der Waals surface area (Å²) in [6.45, 7) is 5.63. The van der Waals surface area contributed by atoms with Crippen LogP contribution >= 0.6 is 0 Å². The average molecular weight is 287 g/mol. The molecule has 6 heteroatoms. The molecule has 0 unspecified atom stereocenters. The number of non-ortho nitro benzene ring substituents is 1. The smallest absolute Gasteiger partial charge is 0.278 e. The molecule has 1 aromatic carbocycles. The molecule has 3 rings (SSSR count). The fourth-order valence-electron chi connectivity index (χ4n) is 2.97. The third kappa shape index (κ3) is 2.54. The van der Waals surface area contributed by atoms with Crippen molar-refractivity contribution in [3.05, 3.63) is 40.7 Å². The van der Waals surface area contributed by atoms with Crippen LogP contribution in [0.5, 0.6) is 0 Å². The maximum absolute atomic E-state index is 11.2. The number of hydrogen-bond donors (Lipinski definition) is 0. The Labute approximate surface area is 122 Å². The summed E-state index contributed by atoms with van der Waals surface area (Å²) >= 11 is 0. The summed E-state index contributed by atoms with van der Waals surface area (Å²) in [5.41, 5.74) is 1.09. The van der Waals surface area contributed by atoms with Crippen LogP contribution in [0.15, 0.2) is 30.6 Å². The minimum absolute atomic E-state index is 0.0937. The van der Waals surface area contributed by atoms with Crippen molar-refractivity contribution in [3.63, 3.8) is 0 Å². The lowest BCUT2D eigenvalue weighted by Gasteiger charge is -2.37. The normalized spacial score (nSPS) is 22.5. The second-order valence-electron chi connectivity index (χ2n) is 5.44. The summed E-state index contributed by atoms with van der Waals surface area (Å²) in [7, 11) is 0. The van der Waals surface area contributed by atoms with E-state index < -0.39 is 0 Å². The molecule has 0 N–H and O–H groups in total. The molecule has 2 heterocycles. The van der Waals surface area contributed by atoms with Gasteiger partial charge in [0.1, 0.15) is 0 Å². The minimum Gasteiger partial charge on any atom is -0.372 e. The van der Waals surface area contributed by atoms with Crippen molar-refractivity contribution in [2.45, 2.75) is 26.1 Å². The molecule has 110 valence electrons. The predicted octanol–water partition coefficient (Wildman–Crippen LogP) is 2.76. The van der Waals surface area contributed by atoms with E-state index in [2.05, 4.69) is 9.88 Å². The number of rotatable bonds is 2. The van der Waals surface area contributed by atoms with E-state index in [1.54, 1.807) is 18.5 Å². The van der Waals surface area contributed by atoms with Crippen LogP contribution in [0.4, 0.5) is 11.4 Å². The molecule has 1 aliphatic rings. The number of pyridine rings is 1. The number of aromatic nitrogens is 1. The van der Waals surface area contributed by atoms with Gasteiger partial charge in [0.2, 0.25) is 0 Å². The molecule has 0 amide bonds. The summed E-state index contributed by atoms with van der Waals surface area (Å²) < 4.78 is 5.75. The first-order chi connectivity index (χ1) is 10.1. The lowest BCUT2D eigenvalue weighted by atomic mass is 10.1. The first kappa shape index (κ1) is 13.8. The Morgan fingerprint density at radius 2 is 1.95 bits per heavy atom. The van der Waals surface area contributed by atoms with Crippen LogP contribution < -0.4 is 4.90 Å². The van der Waals surface area contributed by atoms with Gasteiger partial charge in [-0.15, -0.1) is 0 Å². The maximum atomic E-state index is 11.2. The van der Waals surface area contributed by atoms with Gasteiger partial charge in [0.25, 0.3) is 5.69 Å². The number of nitrogens with zero attached hydrogens (tertiary/aromatic N) is 3. The summed E-state index contributed by atoms with van der Waals surface area (Å²) in [5, 5.41) is 12.6. The minimum atomic E-state index is -0.363. The van der Waals surface area contributed by atoms with Crippen molar-refractivity contribution < 1.29 is 9.66 Å². The van der Waals surface area contributed by atoms with Crippen LogP contribution in [0.2, 0.25) is 0 Å². The van der Waals surface area contributed by atoms with Gasteiger partial charge in [-0.3, -0.25) is 15.1 Å². The number of fused-ring (bicyclic) bond motifs is 1. The van der Waals surface area contributed by atoms with E-state index in [0.717, 1.165) is 24.2 Å². The van der Waals surface area contributed by atoms with E-state index in [9.17, 15) is 10.1 Å². The van der Waals surface area contributed by atoms with E-state index in [-0.39, 0.29) is 22.8 Å². The highest BCUT2D eigenvalue weighted by Crippen LogP contribution is 2.34. The number of anilines is 1. The average Bonchev–Trinajstić information content (AvgIpc) is 2.44. The van der Waals surface area contributed by atoms with Crippen LogP contribution in [0.1, 0.15) is 13.8 Å². The Bertz CT molecular complexity index is 679. The molecule has 0 radical (unpaired) electrons. The summed E-state index contributed by atoms with van der Waals surface area (Å²) in [4.78, 5) is 17.0. The lowest BCUT2D eigenvalue weighted by Crippen LogP contribution is -2.45. The number of hydrogen-bond acceptors (Lipinski definition) is 5. The number of morpholine rings is 1. The molecule has 1 fully saturated rings. The van der Waals surface area contributed by atoms with Gasteiger partial charge in [0.05, 0.1) is 22.5 Å². The van der Waals surface area contributed by atoms with Crippen molar-refractivity contribution in [3.8, 4) is 0 Å². The Morgan fingerprint density at radius 3 is 2.62 bits per heavy atom. The Kier molecular flexibility index (Phi) is 3.47. The lowest BCUT2D eigenvalue weighted by molar-refractivity contribution is -0.383.